The van der Waals surface area contributed by atoms with Gasteiger partial charge in [0.25, 0.3) is 0 Å². The first-order valence-electron chi connectivity index (χ1n) is 18.6. The lowest BCUT2D eigenvalue weighted by Gasteiger charge is -2.41. The molecular weight excluding hydrogens is 619 g/mol. The summed E-state index contributed by atoms with van der Waals surface area (Å²) in [5, 5.41) is 10.4. The molecule has 0 unspecified atom stereocenters. The van der Waals surface area contributed by atoms with Crippen molar-refractivity contribution >= 4 is 73.3 Å². The first-order chi connectivity index (χ1) is 24.5. The van der Waals surface area contributed by atoms with Gasteiger partial charge in [-0.05, 0) is 92.0 Å². The van der Waals surface area contributed by atoms with Gasteiger partial charge in [0.05, 0.1) is 28.1 Å². The van der Waals surface area contributed by atoms with Crippen LogP contribution >= 0.6 is 0 Å². The Kier molecular flexibility index (Phi) is 5.53. The lowest BCUT2D eigenvalue weighted by atomic mass is 9.61. The lowest BCUT2D eigenvalue weighted by molar-refractivity contribution is 0.332. The van der Waals surface area contributed by atoms with Crippen LogP contribution in [0.25, 0.3) is 60.4 Å². The maximum absolute atomic E-state index is 7.08. The maximum atomic E-state index is 7.08. The van der Waals surface area contributed by atoms with E-state index in [1.165, 1.54) is 107 Å². The van der Waals surface area contributed by atoms with Crippen molar-refractivity contribution in [3.8, 4) is 16.8 Å². The molecule has 0 saturated carbocycles. The number of nitrogens with zero attached hydrogens (tertiary/aromatic N) is 1. The molecule has 0 amide bonds. The van der Waals surface area contributed by atoms with Gasteiger partial charge in [0.1, 0.15) is 5.58 Å². The Morgan fingerprint density at radius 2 is 1.31 bits per heavy atom. The standard InChI is InChI=1S/C47H41BN2O/c1-45(2)22-23-46(3,4)34-25-37-30(24-33(34)45)42-44(51-37)48-40-38(29-17-13-19-32-41(29)49-35-20-11-10-18-31(35)47(32,5)6)26-14-7-8-15-27(26)39-28-16-9-12-21-36(28)50(42)43(39)40/h7-21,24-25,48-49H,22-23H2,1-6H3. The van der Waals surface area contributed by atoms with Crippen molar-refractivity contribution in [2.75, 3.05) is 5.32 Å². The molecule has 51 heavy (non-hydrogen) atoms. The number of furan rings is 1. The van der Waals surface area contributed by atoms with Crippen LogP contribution in [-0.4, -0.2) is 11.8 Å². The van der Waals surface area contributed by atoms with Crippen molar-refractivity contribution in [1.82, 2.24) is 4.57 Å². The molecule has 11 rings (SSSR count). The number of hydrogen-bond acceptors (Lipinski definition) is 2. The van der Waals surface area contributed by atoms with E-state index in [9.17, 15) is 0 Å². The Morgan fingerprint density at radius 1 is 0.647 bits per heavy atom. The highest BCUT2D eigenvalue weighted by molar-refractivity contribution is 6.74. The van der Waals surface area contributed by atoms with Gasteiger partial charge in [-0.2, -0.15) is 0 Å². The molecule has 3 nitrogen and oxygen atoms in total. The average molecular weight is 661 g/mol. The Hall–Kier alpha value is -5.22. The van der Waals surface area contributed by atoms with Crippen LogP contribution < -0.4 is 16.4 Å². The maximum Gasteiger partial charge on any atom is 0.244 e. The fraction of sp³-hybridized carbons (Fsp3) is 0.234. The van der Waals surface area contributed by atoms with Gasteiger partial charge in [-0.25, -0.2) is 0 Å². The highest BCUT2D eigenvalue weighted by atomic mass is 16.3. The summed E-state index contributed by atoms with van der Waals surface area (Å²) in [6.45, 7) is 14.4. The smallest absolute Gasteiger partial charge is 0.244 e. The molecule has 248 valence electrons. The molecule has 0 atom stereocenters. The monoisotopic (exact) mass is 660 g/mol. The van der Waals surface area contributed by atoms with Gasteiger partial charge in [-0.15, -0.1) is 0 Å². The second-order valence-corrected chi connectivity index (χ2v) is 17.2. The SMILES string of the molecule is CC1(C)CCC(C)(C)c2cc3c4c(oc3cc21)Bc1c(-c2cccc3c2Nc2ccccc2C3(C)C)c2ccccc2c2c3ccccc3n-4c12. The predicted molar refractivity (Wildman–Crippen MR) is 217 cm³/mol. The molecule has 3 aliphatic rings. The second-order valence-electron chi connectivity index (χ2n) is 17.2. The van der Waals surface area contributed by atoms with Crippen molar-refractivity contribution < 1.29 is 4.42 Å². The van der Waals surface area contributed by atoms with Crippen LogP contribution in [0.2, 0.25) is 0 Å². The fourth-order valence-electron chi connectivity index (χ4n) is 10.3. The summed E-state index contributed by atoms with van der Waals surface area (Å²) in [5.74, 6) is 0. The number of aromatic nitrogens is 1. The lowest BCUT2D eigenvalue weighted by Crippen LogP contribution is -2.36. The molecule has 0 saturated heterocycles. The van der Waals surface area contributed by atoms with Gasteiger partial charge in [0.2, 0.25) is 7.28 Å². The predicted octanol–water partition coefficient (Wildman–Crippen LogP) is 10.8. The Bertz CT molecular complexity index is 2840. The van der Waals surface area contributed by atoms with Crippen molar-refractivity contribution in [2.24, 2.45) is 0 Å². The highest BCUT2D eigenvalue weighted by Crippen LogP contribution is 2.52. The number of para-hydroxylation sites is 3. The molecule has 0 bridgehead atoms. The van der Waals surface area contributed by atoms with E-state index in [4.69, 9.17) is 4.42 Å². The van der Waals surface area contributed by atoms with Crippen molar-refractivity contribution in [3.63, 3.8) is 0 Å². The fourth-order valence-corrected chi connectivity index (χ4v) is 10.3. The largest absolute Gasteiger partial charge is 0.469 e. The van der Waals surface area contributed by atoms with Crippen LogP contribution in [0.1, 0.15) is 76.6 Å². The van der Waals surface area contributed by atoms with E-state index < -0.39 is 0 Å². The minimum Gasteiger partial charge on any atom is -0.469 e. The molecule has 0 fully saturated rings. The molecule has 8 aromatic rings. The minimum absolute atomic E-state index is 0.110. The van der Waals surface area contributed by atoms with E-state index in [1.807, 2.05) is 0 Å². The number of fused-ring (bicyclic) bond motifs is 12. The summed E-state index contributed by atoms with van der Waals surface area (Å²) >= 11 is 0. The van der Waals surface area contributed by atoms with Crippen LogP contribution in [0.5, 0.6) is 0 Å². The molecule has 0 radical (unpaired) electrons. The van der Waals surface area contributed by atoms with Gasteiger partial charge in [-0.1, -0.05) is 120 Å². The van der Waals surface area contributed by atoms with Gasteiger partial charge in [-0.3, -0.25) is 0 Å². The van der Waals surface area contributed by atoms with Gasteiger partial charge in [0, 0.05) is 32.8 Å². The Balaban J connectivity index is 1.28. The van der Waals surface area contributed by atoms with E-state index in [1.54, 1.807) is 0 Å². The second kappa shape index (κ2) is 9.56. The van der Waals surface area contributed by atoms with Gasteiger partial charge >= 0.3 is 0 Å². The van der Waals surface area contributed by atoms with Crippen LogP contribution in [0.3, 0.4) is 0 Å². The molecular formula is C47H41BN2O. The molecule has 2 aromatic heterocycles. The third kappa shape index (κ3) is 3.70. The Morgan fingerprint density at radius 3 is 2.12 bits per heavy atom. The zero-order valence-corrected chi connectivity index (χ0v) is 30.3. The van der Waals surface area contributed by atoms with Crippen molar-refractivity contribution in [1.29, 1.82) is 0 Å². The van der Waals surface area contributed by atoms with E-state index >= 15 is 0 Å². The molecule has 0 spiro atoms. The van der Waals surface area contributed by atoms with Gasteiger partial charge < -0.3 is 14.3 Å². The summed E-state index contributed by atoms with van der Waals surface area (Å²) in [7, 11) is 0.734. The topological polar surface area (TPSA) is 30.1 Å². The quantitative estimate of drug-likeness (QED) is 0.178. The zero-order chi connectivity index (χ0) is 34.6. The third-order valence-corrected chi connectivity index (χ3v) is 13.1. The summed E-state index contributed by atoms with van der Waals surface area (Å²) in [4.78, 5) is 0. The van der Waals surface area contributed by atoms with E-state index in [-0.39, 0.29) is 16.2 Å². The van der Waals surface area contributed by atoms with Crippen LogP contribution in [0.4, 0.5) is 11.4 Å². The van der Waals surface area contributed by atoms with E-state index in [2.05, 4.69) is 155 Å². The first-order valence-corrected chi connectivity index (χ1v) is 18.6. The molecule has 4 heteroatoms. The highest BCUT2D eigenvalue weighted by Gasteiger charge is 2.40. The zero-order valence-electron chi connectivity index (χ0n) is 30.3. The summed E-state index contributed by atoms with van der Waals surface area (Å²) < 4.78 is 9.65. The van der Waals surface area contributed by atoms with Crippen LogP contribution in [0.15, 0.2) is 108 Å². The molecule has 4 heterocycles. The number of nitrogens with one attached hydrogen (secondary N) is 1. The van der Waals surface area contributed by atoms with E-state index in [0.717, 1.165) is 18.5 Å². The number of anilines is 2. The molecule has 1 aliphatic carbocycles. The summed E-state index contributed by atoms with van der Waals surface area (Å²) in [6, 6.07) is 38.7. The normalized spacial score (nSPS) is 17.5. The van der Waals surface area contributed by atoms with Crippen LogP contribution in [-0.2, 0) is 16.2 Å². The molecule has 2 aliphatic heterocycles. The molecule has 1 N–H and O–H groups in total. The van der Waals surface area contributed by atoms with Crippen molar-refractivity contribution in [2.45, 2.75) is 70.6 Å². The number of rotatable bonds is 1. The third-order valence-electron chi connectivity index (χ3n) is 13.1. The average Bonchev–Trinajstić information content (AvgIpc) is 3.66. The van der Waals surface area contributed by atoms with Crippen LogP contribution in [0, 0.1) is 0 Å². The molecule has 6 aromatic carbocycles. The number of benzene rings is 6. The van der Waals surface area contributed by atoms with E-state index in [0.29, 0.717) is 0 Å². The summed E-state index contributed by atoms with van der Waals surface area (Å²) in [5.41, 5.74) is 17.7. The van der Waals surface area contributed by atoms with Crippen molar-refractivity contribution in [3.05, 3.63) is 125 Å². The first kappa shape index (κ1) is 29.5. The minimum atomic E-state index is -0.147. The summed E-state index contributed by atoms with van der Waals surface area (Å²) in [6.07, 6.45) is 2.37. The number of hydrogen-bond donors (Lipinski definition) is 1. The van der Waals surface area contributed by atoms with Gasteiger partial charge in [0.15, 0.2) is 0 Å². The Labute approximate surface area is 299 Å².